The highest BCUT2D eigenvalue weighted by Gasteiger charge is 2.13. The first-order chi connectivity index (χ1) is 18.0. The average Bonchev–Trinajstić information content (AvgIpc) is 2.95. The lowest BCUT2D eigenvalue weighted by Gasteiger charge is -2.09. The van der Waals surface area contributed by atoms with E-state index in [0.717, 1.165) is 11.1 Å². The van der Waals surface area contributed by atoms with E-state index >= 15 is 0 Å². The molecule has 4 aromatic rings. The molecule has 0 heterocycles. The first-order valence-electron chi connectivity index (χ1n) is 11.5. The number of nitrogens with one attached hydrogen (secondary N) is 1. The van der Waals surface area contributed by atoms with Crippen LogP contribution in [0.5, 0.6) is 11.5 Å². The maximum Gasteiger partial charge on any atom is 0.338 e. The van der Waals surface area contributed by atoms with Crippen LogP contribution in [0.15, 0.2) is 103 Å². The van der Waals surface area contributed by atoms with Crippen molar-refractivity contribution in [2.45, 2.75) is 0 Å². The van der Waals surface area contributed by atoms with Gasteiger partial charge in [-0.1, -0.05) is 60.7 Å². The van der Waals surface area contributed by atoms with E-state index in [1.165, 1.54) is 12.1 Å². The minimum absolute atomic E-state index is 0.210. The number of carbonyl (C=O) groups excluding carboxylic acids is 3. The highest BCUT2D eigenvalue weighted by molar-refractivity contribution is 5.99. The van der Waals surface area contributed by atoms with Crippen LogP contribution in [-0.4, -0.2) is 38.0 Å². The molecule has 0 saturated carbocycles. The van der Waals surface area contributed by atoms with Crippen LogP contribution >= 0.6 is 0 Å². The monoisotopic (exact) mass is 495 g/mol. The number of carbonyl (C=O) groups is 3. The second kappa shape index (κ2) is 12.2. The number of ketones is 1. The van der Waals surface area contributed by atoms with Crippen molar-refractivity contribution in [2.24, 2.45) is 0 Å². The molecule has 186 valence electrons. The van der Waals surface area contributed by atoms with E-state index in [1.807, 2.05) is 42.5 Å². The third kappa shape index (κ3) is 7.05. The summed E-state index contributed by atoms with van der Waals surface area (Å²) in [6.07, 6.45) is 0. The number of hydrogen-bond acceptors (Lipinski definition) is 6. The van der Waals surface area contributed by atoms with Gasteiger partial charge in [0.25, 0.3) is 5.91 Å². The number of benzene rings is 4. The number of methoxy groups -OCH3 is 1. The van der Waals surface area contributed by atoms with Gasteiger partial charge >= 0.3 is 5.97 Å². The van der Waals surface area contributed by atoms with Crippen molar-refractivity contribution < 1.29 is 28.6 Å². The van der Waals surface area contributed by atoms with Gasteiger partial charge in [-0.05, 0) is 47.5 Å². The molecule has 0 aliphatic rings. The summed E-state index contributed by atoms with van der Waals surface area (Å²) in [5.41, 5.74) is 3.36. The molecule has 0 aromatic heterocycles. The Morgan fingerprint density at radius 1 is 0.676 bits per heavy atom. The molecule has 0 fully saturated rings. The van der Waals surface area contributed by atoms with Gasteiger partial charge in [0, 0.05) is 17.3 Å². The summed E-state index contributed by atoms with van der Waals surface area (Å²) >= 11 is 0. The molecular formula is C30H25NO6. The summed E-state index contributed by atoms with van der Waals surface area (Å²) in [6.45, 7) is -0.579. The number of ether oxygens (including phenoxy) is 3. The van der Waals surface area contributed by atoms with Crippen molar-refractivity contribution in [3.8, 4) is 22.6 Å². The van der Waals surface area contributed by atoms with E-state index in [4.69, 9.17) is 14.2 Å². The largest absolute Gasteiger partial charge is 0.497 e. The maximum absolute atomic E-state index is 12.5. The smallest absolute Gasteiger partial charge is 0.338 e. The van der Waals surface area contributed by atoms with E-state index < -0.39 is 5.97 Å². The van der Waals surface area contributed by atoms with Crippen LogP contribution in [-0.2, 0) is 9.53 Å². The molecule has 1 amide bonds. The molecule has 1 N–H and O–H groups in total. The summed E-state index contributed by atoms with van der Waals surface area (Å²) in [5.74, 6) is -0.227. The minimum atomic E-state index is -0.628. The van der Waals surface area contributed by atoms with Crippen LogP contribution in [0.2, 0.25) is 0 Å². The highest BCUT2D eigenvalue weighted by atomic mass is 16.5. The molecule has 0 aliphatic heterocycles. The fourth-order valence-electron chi connectivity index (χ4n) is 3.51. The first kappa shape index (κ1) is 25.2. The molecule has 0 atom stereocenters. The average molecular weight is 496 g/mol. The molecule has 0 unspecified atom stereocenters. The number of anilines is 1. The van der Waals surface area contributed by atoms with Gasteiger partial charge < -0.3 is 19.5 Å². The topological polar surface area (TPSA) is 90.9 Å². The predicted octanol–water partition coefficient (Wildman–Crippen LogP) is 5.42. The van der Waals surface area contributed by atoms with E-state index in [1.54, 1.807) is 55.6 Å². The van der Waals surface area contributed by atoms with Gasteiger partial charge in [0.2, 0.25) is 0 Å². The molecule has 7 nitrogen and oxygen atoms in total. The Balaban J connectivity index is 1.24. The molecule has 0 spiro atoms. The summed E-state index contributed by atoms with van der Waals surface area (Å²) in [4.78, 5) is 37.0. The summed E-state index contributed by atoms with van der Waals surface area (Å²) < 4.78 is 15.8. The Bertz CT molecular complexity index is 1370. The molecule has 0 radical (unpaired) electrons. The van der Waals surface area contributed by atoms with Crippen LogP contribution in [0.25, 0.3) is 11.1 Å². The molecular weight excluding hydrogens is 470 g/mol. The molecule has 4 aromatic carbocycles. The van der Waals surface area contributed by atoms with Crippen LogP contribution in [0.1, 0.15) is 20.7 Å². The van der Waals surface area contributed by atoms with Gasteiger partial charge in [-0.15, -0.1) is 0 Å². The van der Waals surface area contributed by atoms with Gasteiger partial charge in [-0.2, -0.15) is 0 Å². The third-order valence-corrected chi connectivity index (χ3v) is 5.46. The molecule has 7 heteroatoms. The summed E-state index contributed by atoms with van der Waals surface area (Å²) in [6, 6.07) is 30.1. The SMILES string of the molecule is COc1cccc(NC(=O)COc2ccc(C(=O)OCC(=O)c3ccc(-c4ccccc4)cc3)cc2)c1. The molecule has 0 bridgehead atoms. The first-order valence-corrected chi connectivity index (χ1v) is 11.5. The number of amides is 1. The zero-order chi connectivity index (χ0) is 26.0. The van der Waals surface area contributed by atoms with E-state index in [2.05, 4.69) is 5.32 Å². The van der Waals surface area contributed by atoms with Crippen molar-refractivity contribution in [3.05, 3.63) is 114 Å². The predicted molar refractivity (Wildman–Crippen MR) is 140 cm³/mol. The van der Waals surface area contributed by atoms with E-state index in [-0.39, 0.29) is 30.5 Å². The zero-order valence-corrected chi connectivity index (χ0v) is 20.2. The zero-order valence-electron chi connectivity index (χ0n) is 20.2. The fraction of sp³-hybridized carbons (Fsp3) is 0.100. The lowest BCUT2D eigenvalue weighted by Crippen LogP contribution is -2.20. The van der Waals surface area contributed by atoms with Crippen molar-refractivity contribution in [3.63, 3.8) is 0 Å². The van der Waals surface area contributed by atoms with Gasteiger partial charge in [-0.25, -0.2) is 4.79 Å². The Morgan fingerprint density at radius 2 is 1.35 bits per heavy atom. The molecule has 4 rings (SSSR count). The fourth-order valence-corrected chi connectivity index (χ4v) is 3.51. The lowest BCUT2D eigenvalue weighted by molar-refractivity contribution is -0.118. The number of hydrogen-bond donors (Lipinski definition) is 1. The Hall–Kier alpha value is -4.91. The van der Waals surface area contributed by atoms with Crippen LogP contribution in [0.4, 0.5) is 5.69 Å². The molecule has 0 aliphatic carbocycles. The van der Waals surface area contributed by atoms with Gasteiger partial charge in [0.1, 0.15) is 11.5 Å². The summed E-state index contributed by atoms with van der Waals surface area (Å²) in [5, 5.41) is 2.72. The third-order valence-electron chi connectivity index (χ3n) is 5.46. The van der Waals surface area contributed by atoms with Gasteiger partial charge in [0.15, 0.2) is 19.0 Å². The lowest BCUT2D eigenvalue weighted by atomic mass is 10.0. The summed E-state index contributed by atoms with van der Waals surface area (Å²) in [7, 11) is 1.55. The second-order valence-electron chi connectivity index (χ2n) is 8.04. The number of esters is 1. The quantitative estimate of drug-likeness (QED) is 0.233. The Labute approximate surface area is 214 Å². The van der Waals surface area contributed by atoms with Gasteiger partial charge in [-0.3, -0.25) is 9.59 Å². The molecule has 0 saturated heterocycles. The van der Waals surface area contributed by atoms with Crippen molar-refractivity contribution in [1.29, 1.82) is 0 Å². The van der Waals surface area contributed by atoms with Crippen molar-refractivity contribution >= 4 is 23.3 Å². The number of rotatable bonds is 10. The normalized spacial score (nSPS) is 10.3. The second-order valence-corrected chi connectivity index (χ2v) is 8.04. The highest BCUT2D eigenvalue weighted by Crippen LogP contribution is 2.20. The molecule has 37 heavy (non-hydrogen) atoms. The minimum Gasteiger partial charge on any atom is -0.497 e. The van der Waals surface area contributed by atoms with Crippen LogP contribution in [0, 0.1) is 0 Å². The van der Waals surface area contributed by atoms with E-state index in [9.17, 15) is 14.4 Å². The van der Waals surface area contributed by atoms with Gasteiger partial charge in [0.05, 0.1) is 12.7 Å². The van der Waals surface area contributed by atoms with Crippen molar-refractivity contribution in [1.82, 2.24) is 0 Å². The Kier molecular flexibility index (Phi) is 8.29. The van der Waals surface area contributed by atoms with Crippen LogP contribution < -0.4 is 14.8 Å². The Morgan fingerprint density at radius 3 is 2.05 bits per heavy atom. The van der Waals surface area contributed by atoms with Crippen molar-refractivity contribution in [2.75, 3.05) is 25.6 Å². The van der Waals surface area contributed by atoms with Crippen LogP contribution in [0.3, 0.4) is 0 Å². The standard InChI is InChI=1S/C30H25NO6/c1-35-27-9-5-8-25(18-27)31-29(33)20-36-26-16-14-24(15-17-26)30(34)37-19-28(32)23-12-10-22(11-13-23)21-6-3-2-4-7-21/h2-18H,19-20H2,1H3,(H,31,33). The van der Waals surface area contributed by atoms with E-state index in [0.29, 0.717) is 22.7 Å². The maximum atomic E-state index is 12.5. The number of Topliss-reactive ketones (excluding diaryl/α,β-unsaturated/α-hetero) is 1.